The zero-order valence-corrected chi connectivity index (χ0v) is 15.9. The molecule has 0 aliphatic carbocycles. The fraction of sp³-hybridized carbons (Fsp3) is 0.579. The quantitative estimate of drug-likeness (QED) is 0.695. The number of ether oxygens (including phenoxy) is 2. The first kappa shape index (κ1) is 20.2. The van der Waals surface area contributed by atoms with Gasteiger partial charge in [0.15, 0.2) is 0 Å². The number of carbonyl (C=O) groups excluding carboxylic acids is 2. The Morgan fingerprint density at radius 2 is 1.81 bits per heavy atom. The predicted octanol–water partition coefficient (Wildman–Crippen LogP) is 1.23. The molecule has 1 heterocycles. The van der Waals surface area contributed by atoms with E-state index in [4.69, 9.17) is 9.47 Å². The molecule has 1 aromatic rings. The summed E-state index contributed by atoms with van der Waals surface area (Å²) in [5, 5.41) is 0. The second-order valence-corrected chi connectivity index (χ2v) is 6.54. The van der Waals surface area contributed by atoms with Crippen LogP contribution >= 0.6 is 0 Å². The van der Waals surface area contributed by atoms with E-state index in [1.165, 1.54) is 4.90 Å². The molecule has 7 nitrogen and oxygen atoms in total. The Morgan fingerprint density at radius 3 is 2.50 bits per heavy atom. The van der Waals surface area contributed by atoms with Gasteiger partial charge in [-0.05, 0) is 12.1 Å². The molecule has 0 spiro atoms. The Morgan fingerprint density at radius 1 is 1.12 bits per heavy atom. The van der Waals surface area contributed by atoms with Crippen molar-refractivity contribution in [3.63, 3.8) is 0 Å². The van der Waals surface area contributed by atoms with Crippen molar-refractivity contribution in [2.45, 2.75) is 12.8 Å². The van der Waals surface area contributed by atoms with Gasteiger partial charge in [-0.3, -0.25) is 14.5 Å². The lowest BCUT2D eigenvalue weighted by molar-refractivity contribution is -0.130. The fourth-order valence-corrected chi connectivity index (χ4v) is 2.65. The first-order valence-electron chi connectivity index (χ1n) is 8.97. The minimum Gasteiger partial charge on any atom is -0.492 e. The molecule has 1 saturated heterocycles. The van der Waals surface area contributed by atoms with Crippen LogP contribution in [0.4, 0.5) is 5.69 Å². The first-order valence-corrected chi connectivity index (χ1v) is 8.97. The third-order valence-corrected chi connectivity index (χ3v) is 4.41. The lowest BCUT2D eigenvalue weighted by atomic mass is 10.2. The van der Waals surface area contributed by atoms with E-state index in [1.54, 1.807) is 26.0 Å². The van der Waals surface area contributed by atoms with Crippen LogP contribution in [0.1, 0.15) is 12.8 Å². The van der Waals surface area contributed by atoms with E-state index in [-0.39, 0.29) is 24.7 Å². The van der Waals surface area contributed by atoms with Crippen molar-refractivity contribution in [2.75, 3.05) is 65.5 Å². The van der Waals surface area contributed by atoms with Crippen LogP contribution < -0.4 is 9.64 Å². The standard InChI is InChI=1S/C19H29N3O4/c1-20(2)18(23)7-8-19(24)21(3)16-5-4-6-17(15-16)26-14-11-22-9-12-25-13-10-22/h4-6,15H,7-14H2,1-3H3. The highest BCUT2D eigenvalue weighted by atomic mass is 16.5. The van der Waals surface area contributed by atoms with E-state index in [9.17, 15) is 9.59 Å². The molecule has 0 aromatic heterocycles. The molecule has 1 aromatic carbocycles. The summed E-state index contributed by atoms with van der Waals surface area (Å²) in [6.07, 6.45) is 0.404. The van der Waals surface area contributed by atoms with E-state index >= 15 is 0 Å². The maximum absolute atomic E-state index is 12.3. The summed E-state index contributed by atoms with van der Waals surface area (Å²) in [4.78, 5) is 29.3. The highest BCUT2D eigenvalue weighted by molar-refractivity contribution is 5.95. The van der Waals surface area contributed by atoms with Crippen LogP contribution in [0.15, 0.2) is 24.3 Å². The topological polar surface area (TPSA) is 62.3 Å². The van der Waals surface area contributed by atoms with Crippen LogP contribution in [0.2, 0.25) is 0 Å². The number of morpholine rings is 1. The molecule has 0 atom stereocenters. The summed E-state index contributed by atoms with van der Waals surface area (Å²) in [5.74, 6) is 0.595. The molecule has 2 rings (SSSR count). The lowest BCUT2D eigenvalue weighted by Gasteiger charge is -2.26. The minimum absolute atomic E-state index is 0.0491. The van der Waals surface area contributed by atoms with Gasteiger partial charge in [-0.1, -0.05) is 6.07 Å². The maximum atomic E-state index is 12.3. The number of nitrogens with zero attached hydrogens (tertiary/aromatic N) is 3. The summed E-state index contributed by atoms with van der Waals surface area (Å²) in [5.41, 5.74) is 0.760. The molecule has 0 N–H and O–H groups in total. The van der Waals surface area contributed by atoms with E-state index in [2.05, 4.69) is 4.90 Å². The Kier molecular flexibility index (Phi) is 7.87. The molecular formula is C19H29N3O4. The number of hydrogen-bond acceptors (Lipinski definition) is 5. The van der Waals surface area contributed by atoms with Crippen molar-refractivity contribution in [3.8, 4) is 5.75 Å². The van der Waals surface area contributed by atoms with E-state index in [0.717, 1.165) is 44.3 Å². The number of benzene rings is 1. The van der Waals surface area contributed by atoms with E-state index in [1.807, 2.05) is 24.3 Å². The van der Waals surface area contributed by atoms with Crippen molar-refractivity contribution in [3.05, 3.63) is 24.3 Å². The Balaban J connectivity index is 1.82. The van der Waals surface area contributed by atoms with Crippen molar-refractivity contribution < 1.29 is 19.1 Å². The van der Waals surface area contributed by atoms with Gasteiger partial charge in [0.25, 0.3) is 0 Å². The minimum atomic E-state index is -0.0920. The molecular weight excluding hydrogens is 334 g/mol. The normalized spacial score (nSPS) is 14.7. The number of carbonyl (C=O) groups is 2. The predicted molar refractivity (Wildman–Crippen MR) is 101 cm³/mol. The van der Waals surface area contributed by atoms with Crippen molar-refractivity contribution in [2.24, 2.45) is 0 Å². The number of anilines is 1. The van der Waals surface area contributed by atoms with Crippen LogP contribution in [-0.4, -0.2) is 82.2 Å². The summed E-state index contributed by atoms with van der Waals surface area (Å²) in [6.45, 7) is 4.88. The lowest BCUT2D eigenvalue weighted by Crippen LogP contribution is -2.38. The van der Waals surface area contributed by atoms with Crippen molar-refractivity contribution >= 4 is 17.5 Å². The van der Waals surface area contributed by atoms with Gasteiger partial charge in [0.1, 0.15) is 12.4 Å². The van der Waals surface area contributed by atoms with Gasteiger partial charge in [0.2, 0.25) is 11.8 Å². The second kappa shape index (κ2) is 10.1. The molecule has 7 heteroatoms. The molecule has 1 aliphatic heterocycles. The summed E-state index contributed by atoms with van der Waals surface area (Å²) in [7, 11) is 5.10. The molecule has 26 heavy (non-hydrogen) atoms. The number of hydrogen-bond donors (Lipinski definition) is 0. The molecule has 1 aliphatic rings. The van der Waals surface area contributed by atoms with Gasteiger partial charge in [0, 0.05) is 65.4 Å². The second-order valence-electron chi connectivity index (χ2n) is 6.54. The summed E-state index contributed by atoms with van der Waals surface area (Å²) >= 11 is 0. The smallest absolute Gasteiger partial charge is 0.227 e. The van der Waals surface area contributed by atoms with Crippen molar-refractivity contribution in [1.82, 2.24) is 9.80 Å². The summed E-state index contributed by atoms with van der Waals surface area (Å²) < 4.78 is 11.2. The molecule has 1 fully saturated rings. The van der Waals surface area contributed by atoms with E-state index < -0.39 is 0 Å². The van der Waals surface area contributed by atoms with Gasteiger partial charge >= 0.3 is 0 Å². The van der Waals surface area contributed by atoms with E-state index in [0.29, 0.717) is 6.61 Å². The average molecular weight is 363 g/mol. The highest BCUT2D eigenvalue weighted by Crippen LogP contribution is 2.21. The molecule has 0 saturated carbocycles. The third kappa shape index (κ3) is 6.31. The van der Waals surface area contributed by atoms with Crippen molar-refractivity contribution in [1.29, 1.82) is 0 Å². The van der Waals surface area contributed by atoms with Gasteiger partial charge in [0.05, 0.1) is 13.2 Å². The maximum Gasteiger partial charge on any atom is 0.227 e. The molecule has 2 amide bonds. The number of amides is 2. The van der Waals surface area contributed by atoms with Crippen LogP contribution in [0, 0.1) is 0 Å². The largest absolute Gasteiger partial charge is 0.492 e. The van der Waals surface area contributed by atoms with Crippen LogP contribution in [0.25, 0.3) is 0 Å². The van der Waals surface area contributed by atoms with Gasteiger partial charge in [-0.25, -0.2) is 0 Å². The molecule has 144 valence electrons. The zero-order chi connectivity index (χ0) is 18.9. The average Bonchev–Trinajstić information content (AvgIpc) is 2.66. The monoisotopic (exact) mass is 363 g/mol. The Bertz CT molecular complexity index is 600. The van der Waals surface area contributed by atoms with Crippen LogP contribution in [-0.2, 0) is 14.3 Å². The van der Waals surface area contributed by atoms with Gasteiger partial charge in [-0.15, -0.1) is 0 Å². The Hall–Kier alpha value is -2.12. The molecule has 0 bridgehead atoms. The molecule has 0 unspecified atom stereocenters. The van der Waals surface area contributed by atoms with Crippen LogP contribution in [0.5, 0.6) is 5.75 Å². The fourth-order valence-electron chi connectivity index (χ4n) is 2.65. The highest BCUT2D eigenvalue weighted by Gasteiger charge is 2.15. The Labute approximate surface area is 155 Å². The van der Waals surface area contributed by atoms with Crippen LogP contribution in [0.3, 0.4) is 0 Å². The SMILES string of the molecule is CN(C)C(=O)CCC(=O)N(C)c1cccc(OCCN2CCOCC2)c1. The zero-order valence-electron chi connectivity index (χ0n) is 15.9. The van der Waals surface area contributed by atoms with Gasteiger partial charge in [-0.2, -0.15) is 0 Å². The number of rotatable bonds is 8. The first-order chi connectivity index (χ1) is 12.5. The van der Waals surface area contributed by atoms with Gasteiger partial charge < -0.3 is 19.3 Å². The molecule has 0 radical (unpaired) electrons. The summed E-state index contributed by atoms with van der Waals surface area (Å²) in [6, 6.07) is 7.47. The third-order valence-electron chi connectivity index (χ3n) is 4.41.